The molecule has 0 saturated heterocycles. The van der Waals surface area contributed by atoms with Gasteiger partial charge >= 0.3 is 18.0 Å². The van der Waals surface area contributed by atoms with Gasteiger partial charge in [-0.05, 0) is 39.5 Å². The molecule has 2 unspecified atom stereocenters. The Morgan fingerprint density at radius 2 is 1.34 bits per heavy atom. The lowest BCUT2D eigenvalue weighted by molar-refractivity contribution is -0.151. The van der Waals surface area contributed by atoms with Gasteiger partial charge in [0.05, 0.1) is 0 Å². The third-order valence-electron chi connectivity index (χ3n) is 4.25. The summed E-state index contributed by atoms with van der Waals surface area (Å²) < 4.78 is 30.7. The number of ketones is 1. The first-order valence-electron chi connectivity index (χ1n) is 10.8. The fourth-order valence-corrected chi connectivity index (χ4v) is 2.79. The van der Waals surface area contributed by atoms with Crippen molar-refractivity contribution in [2.45, 2.75) is 90.5 Å². The Balaban J connectivity index is 5.69. The number of Topliss-reactive ketones (excluding diaryl/α,β-unsaturated/α-hetero) is 1. The van der Waals surface area contributed by atoms with Crippen LogP contribution >= 0.6 is 0 Å². The van der Waals surface area contributed by atoms with Crippen molar-refractivity contribution in [3.8, 4) is 0 Å². The average molecular weight is 510 g/mol. The van der Waals surface area contributed by atoms with Gasteiger partial charge in [-0.1, -0.05) is 13.8 Å². The number of alkyl carbamates (subject to hydrolysis) is 1. The van der Waals surface area contributed by atoms with E-state index < -0.39 is 78.6 Å². The second-order valence-corrected chi connectivity index (χ2v) is 9.18. The second-order valence-electron chi connectivity index (χ2n) is 9.18. The average Bonchev–Trinajstić information content (AvgIpc) is 2.66. The van der Waals surface area contributed by atoms with Gasteiger partial charge in [0.25, 0.3) is 5.78 Å². The summed E-state index contributed by atoms with van der Waals surface area (Å²) >= 11 is 0. The molecule has 3 atom stereocenters. The van der Waals surface area contributed by atoms with Crippen LogP contribution in [-0.4, -0.2) is 76.0 Å². The Bertz CT molecular complexity index is 797. The van der Waals surface area contributed by atoms with Gasteiger partial charge in [0.2, 0.25) is 18.2 Å². The number of ether oxygens (including phenoxy) is 1. The van der Waals surface area contributed by atoms with Crippen LogP contribution in [0.2, 0.25) is 0 Å². The number of carboxylic acid groups (broad SMARTS) is 2. The zero-order valence-corrected chi connectivity index (χ0v) is 20.2. The summed E-state index contributed by atoms with van der Waals surface area (Å²) in [5.41, 5.74) is -0.922. The van der Waals surface area contributed by atoms with Gasteiger partial charge in [0.1, 0.15) is 23.7 Å². The number of hydrogen-bond acceptors (Lipinski definition) is 7. The summed E-state index contributed by atoms with van der Waals surface area (Å²) in [7, 11) is 0. The van der Waals surface area contributed by atoms with E-state index in [-0.39, 0.29) is 18.8 Å². The number of carboxylic acids is 2. The first-order valence-corrected chi connectivity index (χ1v) is 10.8. The van der Waals surface area contributed by atoms with Gasteiger partial charge in [0, 0.05) is 12.8 Å². The monoisotopic (exact) mass is 509 g/mol. The highest BCUT2D eigenvalue weighted by atomic mass is 19.3. The molecule has 12 nitrogen and oxygen atoms in total. The smallest absolute Gasteiger partial charge is 0.408 e. The molecule has 35 heavy (non-hydrogen) atoms. The van der Waals surface area contributed by atoms with Gasteiger partial charge < -0.3 is 30.9 Å². The van der Waals surface area contributed by atoms with E-state index in [0.717, 1.165) is 0 Å². The quantitative estimate of drug-likeness (QED) is 0.213. The lowest BCUT2D eigenvalue weighted by atomic mass is 10.0. The van der Waals surface area contributed by atoms with Crippen LogP contribution in [0.1, 0.15) is 60.3 Å². The molecule has 0 radical (unpaired) electrons. The zero-order valence-electron chi connectivity index (χ0n) is 20.2. The molecule has 0 aliphatic carbocycles. The summed E-state index contributed by atoms with van der Waals surface area (Å²) in [5.74, 6) is -7.22. The molecule has 200 valence electrons. The normalized spacial score (nSPS) is 14.0. The number of nitrogens with one attached hydrogen (secondary N) is 3. The summed E-state index contributed by atoms with van der Waals surface area (Å²) in [6.45, 7) is 8.04. The number of hydrogen-bond donors (Lipinski definition) is 5. The molecule has 0 aliphatic heterocycles. The van der Waals surface area contributed by atoms with Gasteiger partial charge in [-0.15, -0.1) is 0 Å². The molecule has 0 bridgehead atoms. The number of alkyl halides is 2. The van der Waals surface area contributed by atoms with E-state index in [9.17, 15) is 37.5 Å². The van der Waals surface area contributed by atoms with Crippen molar-refractivity contribution in [3.05, 3.63) is 0 Å². The molecule has 0 fully saturated rings. The van der Waals surface area contributed by atoms with Gasteiger partial charge in [-0.25, -0.2) is 18.4 Å². The lowest BCUT2D eigenvalue weighted by Gasteiger charge is -2.26. The SMILES string of the molecule is CC(C)CC(NC(=O)[C@H](CCC(=O)O)NC(=O)OC(C)(C)C)C(=O)NC(CC(F)F)C(=O)C(=O)O. The standard InChI is InChI=1S/C21H33F2N3O9/c1-10(2)8-13(18(31)24-12(9-14(22)23)16(29)19(32)33)25-17(30)11(6-7-15(27)28)26-20(34)35-21(3,4)5/h10-14H,6-9H2,1-5H3,(H,24,31)(H,25,30)(H,26,34)(H,27,28)(H,32,33)/t11-,12?,13?/m0/s1. The Labute approximate surface area is 201 Å². The van der Waals surface area contributed by atoms with Crippen LogP contribution in [0.3, 0.4) is 0 Å². The highest BCUT2D eigenvalue weighted by Gasteiger charge is 2.34. The Morgan fingerprint density at radius 3 is 1.77 bits per heavy atom. The van der Waals surface area contributed by atoms with E-state index in [0.29, 0.717) is 0 Å². The minimum atomic E-state index is -3.10. The van der Waals surface area contributed by atoms with Crippen molar-refractivity contribution in [1.82, 2.24) is 16.0 Å². The van der Waals surface area contributed by atoms with Crippen molar-refractivity contribution < 1.29 is 52.5 Å². The fraction of sp³-hybridized carbons (Fsp3) is 0.714. The maximum atomic E-state index is 12.8. The van der Waals surface area contributed by atoms with Crippen LogP contribution in [0.15, 0.2) is 0 Å². The molecule has 3 amide bonds. The molecular formula is C21H33F2N3O9. The maximum Gasteiger partial charge on any atom is 0.408 e. The first kappa shape index (κ1) is 31.7. The van der Waals surface area contributed by atoms with Crippen molar-refractivity contribution in [3.63, 3.8) is 0 Å². The highest BCUT2D eigenvalue weighted by Crippen LogP contribution is 2.11. The van der Waals surface area contributed by atoms with E-state index in [2.05, 4.69) is 10.6 Å². The number of rotatable bonds is 14. The van der Waals surface area contributed by atoms with E-state index >= 15 is 0 Å². The summed E-state index contributed by atoms with van der Waals surface area (Å²) in [6.07, 6.45) is -6.28. The molecule has 0 saturated carbocycles. The predicted molar refractivity (Wildman–Crippen MR) is 117 cm³/mol. The largest absolute Gasteiger partial charge is 0.481 e. The number of carbonyl (C=O) groups is 6. The molecule has 0 heterocycles. The molecule has 0 aromatic heterocycles. The van der Waals surface area contributed by atoms with E-state index in [4.69, 9.17) is 14.9 Å². The predicted octanol–water partition coefficient (Wildman–Crippen LogP) is 1.07. The minimum absolute atomic E-state index is 0.0433. The van der Waals surface area contributed by atoms with Gasteiger partial charge in [0.15, 0.2) is 0 Å². The summed E-state index contributed by atoms with van der Waals surface area (Å²) in [4.78, 5) is 71.2. The maximum absolute atomic E-state index is 12.8. The van der Waals surface area contributed by atoms with Crippen LogP contribution < -0.4 is 16.0 Å². The van der Waals surface area contributed by atoms with Crippen molar-refractivity contribution in [1.29, 1.82) is 0 Å². The van der Waals surface area contributed by atoms with Crippen LogP contribution in [0.5, 0.6) is 0 Å². The Kier molecular flexibility index (Phi) is 12.8. The molecule has 0 aromatic carbocycles. The van der Waals surface area contributed by atoms with Gasteiger partial charge in [-0.2, -0.15) is 0 Å². The van der Waals surface area contributed by atoms with Gasteiger partial charge in [-0.3, -0.25) is 19.2 Å². The molecule has 0 aliphatic rings. The first-order chi connectivity index (χ1) is 15.9. The third-order valence-corrected chi connectivity index (χ3v) is 4.25. The zero-order chi connectivity index (χ0) is 27.5. The van der Waals surface area contributed by atoms with Crippen LogP contribution in [0, 0.1) is 5.92 Å². The molecule has 5 N–H and O–H groups in total. The van der Waals surface area contributed by atoms with E-state index in [1.165, 1.54) is 0 Å². The number of halogens is 2. The van der Waals surface area contributed by atoms with E-state index in [1.807, 2.05) is 5.32 Å². The summed E-state index contributed by atoms with van der Waals surface area (Å²) in [5, 5.41) is 24.2. The minimum Gasteiger partial charge on any atom is -0.481 e. The molecule has 0 rings (SSSR count). The highest BCUT2D eigenvalue weighted by molar-refractivity contribution is 6.35. The molecule has 14 heteroatoms. The Hall–Kier alpha value is -3.32. The molecular weight excluding hydrogens is 476 g/mol. The van der Waals surface area contributed by atoms with Crippen molar-refractivity contribution in [2.75, 3.05) is 0 Å². The lowest BCUT2D eigenvalue weighted by Crippen LogP contribution is -2.57. The fourth-order valence-electron chi connectivity index (χ4n) is 2.79. The number of amides is 3. The van der Waals surface area contributed by atoms with E-state index in [1.54, 1.807) is 34.6 Å². The van der Waals surface area contributed by atoms with Crippen LogP contribution in [0.4, 0.5) is 13.6 Å². The summed E-state index contributed by atoms with van der Waals surface area (Å²) in [6, 6.07) is -4.87. The Morgan fingerprint density at radius 1 is 0.829 bits per heavy atom. The third kappa shape index (κ3) is 13.9. The van der Waals surface area contributed by atoms with Crippen molar-refractivity contribution >= 4 is 35.6 Å². The second kappa shape index (κ2) is 14.2. The van der Waals surface area contributed by atoms with Crippen LogP contribution in [0.25, 0.3) is 0 Å². The number of carbonyl (C=O) groups excluding carboxylic acids is 4. The molecule has 0 spiro atoms. The topological polar surface area (TPSA) is 188 Å². The molecule has 0 aromatic rings. The van der Waals surface area contributed by atoms with Crippen LogP contribution in [-0.2, 0) is 28.7 Å². The van der Waals surface area contributed by atoms with Crippen molar-refractivity contribution in [2.24, 2.45) is 5.92 Å². The number of aliphatic carboxylic acids is 2.